The van der Waals surface area contributed by atoms with E-state index in [1.807, 2.05) is 6.20 Å². The van der Waals surface area contributed by atoms with Gasteiger partial charge in [-0.15, -0.1) is 22.7 Å². The van der Waals surface area contributed by atoms with Gasteiger partial charge in [0.15, 0.2) is 5.13 Å². The summed E-state index contributed by atoms with van der Waals surface area (Å²) in [5.41, 5.74) is 1.04. The molecule has 0 aromatic carbocycles. The molecule has 7 heteroatoms. The lowest BCUT2D eigenvalue weighted by atomic mass is 10.3. The third kappa shape index (κ3) is 2.36. The fourth-order valence-corrected chi connectivity index (χ4v) is 4.27. The quantitative estimate of drug-likeness (QED) is 0.727. The largest absolute Gasteiger partial charge is 0.352 e. The van der Waals surface area contributed by atoms with Gasteiger partial charge in [-0.3, -0.25) is 0 Å². The third-order valence-corrected chi connectivity index (χ3v) is 5.56. The molecule has 0 N–H and O–H groups in total. The first-order valence-corrected chi connectivity index (χ1v) is 8.61. The molecule has 1 aliphatic rings. The Balaban J connectivity index is 1.53. The summed E-state index contributed by atoms with van der Waals surface area (Å²) in [7, 11) is 0. The van der Waals surface area contributed by atoms with Crippen LogP contribution >= 0.6 is 22.7 Å². The van der Waals surface area contributed by atoms with Crippen molar-refractivity contribution in [3.63, 3.8) is 0 Å². The van der Waals surface area contributed by atoms with E-state index in [0.717, 1.165) is 42.6 Å². The monoisotopic (exact) mass is 317 g/mol. The predicted octanol–water partition coefficient (Wildman–Crippen LogP) is 2.78. The maximum Gasteiger partial charge on any atom is 0.185 e. The summed E-state index contributed by atoms with van der Waals surface area (Å²) in [5.74, 6) is 1.07. The van der Waals surface area contributed by atoms with E-state index in [4.69, 9.17) is 0 Å². The molecule has 1 aliphatic heterocycles. The van der Waals surface area contributed by atoms with Crippen LogP contribution in [-0.2, 0) is 0 Å². The van der Waals surface area contributed by atoms with Crippen molar-refractivity contribution in [2.45, 2.75) is 6.92 Å². The number of fused-ring (bicyclic) bond motifs is 1. The molecule has 1 saturated heterocycles. The molecule has 108 valence electrons. The van der Waals surface area contributed by atoms with Gasteiger partial charge in [-0.2, -0.15) is 0 Å². The van der Waals surface area contributed by atoms with E-state index in [1.165, 1.54) is 9.58 Å². The minimum Gasteiger partial charge on any atom is -0.352 e. The molecule has 0 aliphatic carbocycles. The average molecular weight is 317 g/mol. The van der Waals surface area contributed by atoms with Crippen LogP contribution in [0.4, 0.5) is 10.9 Å². The highest BCUT2D eigenvalue weighted by Crippen LogP contribution is 2.29. The minimum absolute atomic E-state index is 0.975. The zero-order valence-corrected chi connectivity index (χ0v) is 13.3. The Morgan fingerprint density at radius 3 is 2.62 bits per heavy atom. The Morgan fingerprint density at radius 1 is 1.05 bits per heavy atom. The molecule has 1 fully saturated rings. The SMILES string of the molecule is Cc1cnc(N2CCN(c3ncnc4ccsc34)CC2)s1. The van der Waals surface area contributed by atoms with E-state index < -0.39 is 0 Å². The fraction of sp³-hybridized carbons (Fsp3) is 0.357. The topological polar surface area (TPSA) is 45.2 Å². The van der Waals surface area contributed by atoms with Crippen molar-refractivity contribution in [1.29, 1.82) is 0 Å². The van der Waals surface area contributed by atoms with E-state index in [1.54, 1.807) is 29.0 Å². The standard InChI is InChI=1S/C14H15N5S2/c1-10-8-15-14(21-10)19-5-3-18(4-6-19)13-12-11(2-7-20-12)16-9-17-13/h2,7-9H,3-6H2,1H3. The number of hydrogen-bond acceptors (Lipinski definition) is 7. The Labute approximate surface area is 130 Å². The lowest BCUT2D eigenvalue weighted by Gasteiger charge is -2.35. The molecule has 0 atom stereocenters. The summed E-state index contributed by atoms with van der Waals surface area (Å²) in [6.45, 7) is 6.03. The van der Waals surface area contributed by atoms with Gasteiger partial charge in [0.2, 0.25) is 0 Å². The Morgan fingerprint density at radius 2 is 1.86 bits per heavy atom. The Hall–Kier alpha value is -1.73. The number of aromatic nitrogens is 3. The molecule has 21 heavy (non-hydrogen) atoms. The van der Waals surface area contributed by atoms with Crippen molar-refractivity contribution >= 4 is 43.8 Å². The average Bonchev–Trinajstić information content (AvgIpc) is 3.15. The van der Waals surface area contributed by atoms with Crippen molar-refractivity contribution in [1.82, 2.24) is 15.0 Å². The molecule has 0 unspecified atom stereocenters. The van der Waals surface area contributed by atoms with Crippen LogP contribution in [-0.4, -0.2) is 41.1 Å². The highest BCUT2D eigenvalue weighted by atomic mass is 32.1. The molecule has 0 saturated carbocycles. The Bertz CT molecular complexity index is 757. The van der Waals surface area contributed by atoms with Gasteiger partial charge in [-0.05, 0) is 18.4 Å². The second-order valence-electron chi connectivity index (χ2n) is 5.06. The van der Waals surface area contributed by atoms with Gasteiger partial charge in [-0.25, -0.2) is 15.0 Å². The van der Waals surface area contributed by atoms with Crippen LogP contribution in [0.2, 0.25) is 0 Å². The van der Waals surface area contributed by atoms with Gasteiger partial charge >= 0.3 is 0 Å². The number of piperazine rings is 1. The van der Waals surface area contributed by atoms with E-state index in [2.05, 4.69) is 43.1 Å². The summed E-state index contributed by atoms with van der Waals surface area (Å²) in [6.07, 6.45) is 3.62. The van der Waals surface area contributed by atoms with Crippen LogP contribution in [0.1, 0.15) is 4.88 Å². The second-order valence-corrected chi connectivity index (χ2v) is 7.19. The van der Waals surface area contributed by atoms with Gasteiger partial charge in [0.1, 0.15) is 12.1 Å². The van der Waals surface area contributed by atoms with Crippen molar-refractivity contribution in [3.05, 3.63) is 28.8 Å². The lowest BCUT2D eigenvalue weighted by Crippen LogP contribution is -2.46. The van der Waals surface area contributed by atoms with Crippen LogP contribution in [0, 0.1) is 6.92 Å². The minimum atomic E-state index is 0.975. The van der Waals surface area contributed by atoms with Gasteiger partial charge < -0.3 is 9.80 Å². The van der Waals surface area contributed by atoms with Gasteiger partial charge in [0.25, 0.3) is 0 Å². The summed E-state index contributed by atoms with van der Waals surface area (Å²) in [4.78, 5) is 19.3. The number of thiazole rings is 1. The molecule has 3 aromatic heterocycles. The normalized spacial score (nSPS) is 15.9. The van der Waals surface area contributed by atoms with Crippen LogP contribution in [0.15, 0.2) is 24.0 Å². The van der Waals surface area contributed by atoms with Crippen molar-refractivity contribution in [2.75, 3.05) is 36.0 Å². The number of rotatable bonds is 2. The number of aryl methyl sites for hydroxylation is 1. The summed E-state index contributed by atoms with van der Waals surface area (Å²) in [5, 5.41) is 3.22. The van der Waals surface area contributed by atoms with Crippen LogP contribution in [0.5, 0.6) is 0 Å². The maximum absolute atomic E-state index is 4.50. The highest BCUT2D eigenvalue weighted by Gasteiger charge is 2.21. The molecule has 0 radical (unpaired) electrons. The van der Waals surface area contributed by atoms with Gasteiger partial charge in [0, 0.05) is 37.3 Å². The maximum atomic E-state index is 4.50. The first-order chi connectivity index (χ1) is 10.3. The molecule has 4 rings (SSSR count). The molecule has 5 nitrogen and oxygen atoms in total. The number of hydrogen-bond donors (Lipinski definition) is 0. The smallest absolute Gasteiger partial charge is 0.185 e. The lowest BCUT2D eigenvalue weighted by molar-refractivity contribution is 0.648. The molecule has 0 amide bonds. The van der Waals surface area contributed by atoms with Crippen molar-refractivity contribution in [2.24, 2.45) is 0 Å². The summed E-state index contributed by atoms with van der Waals surface area (Å²) < 4.78 is 1.19. The first kappa shape index (κ1) is 13.0. The van der Waals surface area contributed by atoms with Crippen molar-refractivity contribution < 1.29 is 0 Å². The van der Waals surface area contributed by atoms with Gasteiger partial charge in [0.05, 0.1) is 10.2 Å². The van der Waals surface area contributed by atoms with E-state index in [9.17, 15) is 0 Å². The number of thiophene rings is 1. The van der Waals surface area contributed by atoms with Crippen molar-refractivity contribution in [3.8, 4) is 0 Å². The zero-order chi connectivity index (χ0) is 14.2. The van der Waals surface area contributed by atoms with Crippen LogP contribution < -0.4 is 9.80 Å². The van der Waals surface area contributed by atoms with E-state index in [-0.39, 0.29) is 0 Å². The van der Waals surface area contributed by atoms with Crippen LogP contribution in [0.25, 0.3) is 10.2 Å². The molecule has 0 bridgehead atoms. The molecular formula is C14H15N5S2. The fourth-order valence-electron chi connectivity index (χ4n) is 2.60. The second kappa shape index (κ2) is 5.23. The molecule has 4 heterocycles. The molecular weight excluding hydrogens is 302 g/mol. The molecule has 3 aromatic rings. The molecule has 0 spiro atoms. The van der Waals surface area contributed by atoms with Gasteiger partial charge in [-0.1, -0.05) is 0 Å². The third-order valence-electron chi connectivity index (χ3n) is 3.68. The zero-order valence-electron chi connectivity index (χ0n) is 11.7. The van der Waals surface area contributed by atoms with Crippen LogP contribution in [0.3, 0.4) is 0 Å². The first-order valence-electron chi connectivity index (χ1n) is 6.92. The Kier molecular flexibility index (Phi) is 3.23. The van der Waals surface area contributed by atoms with E-state index in [0.29, 0.717) is 0 Å². The summed E-state index contributed by atoms with van der Waals surface area (Å²) >= 11 is 3.49. The predicted molar refractivity (Wildman–Crippen MR) is 88.7 cm³/mol. The van der Waals surface area contributed by atoms with E-state index >= 15 is 0 Å². The number of anilines is 2. The highest BCUT2D eigenvalue weighted by molar-refractivity contribution is 7.17. The number of nitrogens with zero attached hydrogens (tertiary/aromatic N) is 5. The summed E-state index contributed by atoms with van der Waals surface area (Å²) in [6, 6.07) is 2.06.